The summed E-state index contributed by atoms with van der Waals surface area (Å²) in [5.41, 5.74) is 10.2. The van der Waals surface area contributed by atoms with Gasteiger partial charge in [-0.05, 0) is 62.4 Å². The van der Waals surface area contributed by atoms with E-state index >= 15 is 0 Å². The van der Waals surface area contributed by atoms with Gasteiger partial charge in [0.1, 0.15) is 0 Å². The number of likely N-dealkylation sites (N-methyl/N-ethyl adjacent to an activating group) is 1. The van der Waals surface area contributed by atoms with Gasteiger partial charge >= 0.3 is 0 Å². The van der Waals surface area contributed by atoms with Gasteiger partial charge in [-0.15, -0.1) is 0 Å². The van der Waals surface area contributed by atoms with Gasteiger partial charge in [0.15, 0.2) is 0 Å². The molecule has 0 fully saturated rings. The van der Waals surface area contributed by atoms with Crippen molar-refractivity contribution in [1.82, 2.24) is 4.90 Å². The summed E-state index contributed by atoms with van der Waals surface area (Å²) in [4.78, 5) is 2.31. The molecule has 0 saturated heterocycles. The lowest BCUT2D eigenvalue weighted by molar-refractivity contribution is 0.338. The summed E-state index contributed by atoms with van der Waals surface area (Å²) in [7, 11) is 2.15. The third-order valence-corrected chi connectivity index (χ3v) is 3.68. The summed E-state index contributed by atoms with van der Waals surface area (Å²) in [5, 5.41) is 0. The molecule has 0 heterocycles. The zero-order chi connectivity index (χ0) is 12.1. The zero-order valence-corrected chi connectivity index (χ0v) is 10.9. The average molecular weight is 232 g/mol. The molecule has 0 aliphatic heterocycles. The second-order valence-corrected chi connectivity index (χ2v) is 5.15. The fourth-order valence-electron chi connectivity index (χ4n) is 2.67. The molecule has 0 unspecified atom stereocenters. The molecular formula is C15H24N2. The highest BCUT2D eigenvalue weighted by molar-refractivity contribution is 5.35. The highest BCUT2D eigenvalue weighted by Gasteiger charge is 2.10. The molecule has 0 saturated carbocycles. The summed E-state index contributed by atoms with van der Waals surface area (Å²) >= 11 is 0. The Labute approximate surface area is 105 Å². The highest BCUT2D eigenvalue weighted by Crippen LogP contribution is 2.23. The monoisotopic (exact) mass is 232 g/mol. The molecule has 0 atom stereocenters. The average Bonchev–Trinajstić information content (AvgIpc) is 2.76. The maximum absolute atomic E-state index is 5.53. The summed E-state index contributed by atoms with van der Waals surface area (Å²) in [5.74, 6) is 0. The van der Waals surface area contributed by atoms with Crippen LogP contribution in [-0.2, 0) is 19.3 Å². The van der Waals surface area contributed by atoms with Crippen LogP contribution in [0.2, 0.25) is 0 Å². The molecule has 17 heavy (non-hydrogen) atoms. The van der Waals surface area contributed by atoms with Gasteiger partial charge < -0.3 is 10.6 Å². The Morgan fingerprint density at radius 2 is 2.00 bits per heavy atom. The van der Waals surface area contributed by atoms with Gasteiger partial charge in [0, 0.05) is 13.1 Å². The molecule has 2 nitrogen and oxygen atoms in total. The lowest BCUT2D eigenvalue weighted by Gasteiger charge is -2.15. The van der Waals surface area contributed by atoms with Crippen molar-refractivity contribution in [3.63, 3.8) is 0 Å². The molecule has 1 aromatic rings. The van der Waals surface area contributed by atoms with Crippen molar-refractivity contribution in [1.29, 1.82) is 0 Å². The predicted molar refractivity (Wildman–Crippen MR) is 73.3 cm³/mol. The summed E-state index contributed by atoms with van der Waals surface area (Å²) < 4.78 is 0. The van der Waals surface area contributed by atoms with E-state index < -0.39 is 0 Å². The van der Waals surface area contributed by atoms with E-state index in [2.05, 4.69) is 30.1 Å². The number of nitrogens with zero attached hydrogens (tertiary/aromatic N) is 1. The number of aryl methyl sites for hydroxylation is 3. The van der Waals surface area contributed by atoms with Crippen molar-refractivity contribution in [2.24, 2.45) is 5.73 Å². The highest BCUT2D eigenvalue weighted by atomic mass is 15.1. The van der Waals surface area contributed by atoms with Crippen LogP contribution >= 0.6 is 0 Å². The Balaban J connectivity index is 1.79. The first-order valence-electron chi connectivity index (χ1n) is 6.79. The van der Waals surface area contributed by atoms with Crippen molar-refractivity contribution in [2.75, 3.05) is 26.7 Å². The van der Waals surface area contributed by atoms with E-state index in [4.69, 9.17) is 5.73 Å². The summed E-state index contributed by atoms with van der Waals surface area (Å²) in [6.07, 6.45) is 6.35. The third kappa shape index (κ3) is 3.55. The van der Waals surface area contributed by atoms with Gasteiger partial charge in [0.2, 0.25) is 0 Å². The van der Waals surface area contributed by atoms with Gasteiger partial charge in [-0.25, -0.2) is 0 Å². The first-order chi connectivity index (χ1) is 8.29. The molecule has 2 heteroatoms. The molecule has 2 N–H and O–H groups in total. The van der Waals surface area contributed by atoms with Crippen LogP contribution in [-0.4, -0.2) is 31.6 Å². The van der Waals surface area contributed by atoms with Crippen molar-refractivity contribution in [3.8, 4) is 0 Å². The number of rotatable bonds is 6. The van der Waals surface area contributed by atoms with Crippen LogP contribution in [0.25, 0.3) is 0 Å². The Morgan fingerprint density at radius 1 is 1.18 bits per heavy atom. The third-order valence-electron chi connectivity index (χ3n) is 3.68. The second-order valence-electron chi connectivity index (χ2n) is 5.15. The van der Waals surface area contributed by atoms with E-state index in [0.717, 1.165) is 19.6 Å². The Kier molecular flexibility index (Phi) is 4.57. The Hall–Kier alpha value is -0.860. The molecule has 94 valence electrons. The molecule has 0 bridgehead atoms. The van der Waals surface area contributed by atoms with Crippen LogP contribution in [0.5, 0.6) is 0 Å². The maximum atomic E-state index is 5.53. The summed E-state index contributed by atoms with van der Waals surface area (Å²) in [6, 6.07) is 7.07. The van der Waals surface area contributed by atoms with Gasteiger partial charge in [0.25, 0.3) is 0 Å². The fraction of sp³-hybridized carbons (Fsp3) is 0.600. The quantitative estimate of drug-likeness (QED) is 0.813. The van der Waals surface area contributed by atoms with E-state index in [9.17, 15) is 0 Å². The molecular weight excluding hydrogens is 208 g/mol. The number of hydrogen-bond acceptors (Lipinski definition) is 2. The Morgan fingerprint density at radius 3 is 2.82 bits per heavy atom. The van der Waals surface area contributed by atoms with Gasteiger partial charge in [0.05, 0.1) is 0 Å². The van der Waals surface area contributed by atoms with Gasteiger partial charge in [-0.1, -0.05) is 18.2 Å². The Bertz CT molecular complexity index is 360. The van der Waals surface area contributed by atoms with Crippen molar-refractivity contribution < 1.29 is 0 Å². The standard InChI is InChI=1S/C15H24N2/c1-17(11-9-16)10-3-4-13-7-8-14-5-2-6-15(14)12-13/h7-8,12H,2-6,9-11,16H2,1H3. The largest absolute Gasteiger partial charge is 0.329 e. The smallest absolute Gasteiger partial charge is 0.0102 e. The minimum absolute atomic E-state index is 0.759. The molecule has 0 spiro atoms. The fourth-order valence-corrected chi connectivity index (χ4v) is 2.67. The molecule has 0 aromatic heterocycles. The summed E-state index contributed by atoms with van der Waals surface area (Å²) in [6.45, 7) is 2.91. The molecule has 1 aromatic carbocycles. The lowest BCUT2D eigenvalue weighted by Crippen LogP contribution is -2.26. The van der Waals surface area contributed by atoms with Crippen LogP contribution in [0.15, 0.2) is 18.2 Å². The van der Waals surface area contributed by atoms with E-state index in [0.29, 0.717) is 0 Å². The lowest BCUT2D eigenvalue weighted by atomic mass is 10.0. The van der Waals surface area contributed by atoms with E-state index in [1.165, 1.54) is 37.7 Å². The second kappa shape index (κ2) is 6.18. The van der Waals surface area contributed by atoms with Crippen molar-refractivity contribution >= 4 is 0 Å². The van der Waals surface area contributed by atoms with E-state index in [-0.39, 0.29) is 0 Å². The number of fused-ring (bicyclic) bond motifs is 1. The van der Waals surface area contributed by atoms with E-state index in [1.54, 1.807) is 11.1 Å². The van der Waals surface area contributed by atoms with Crippen LogP contribution in [0, 0.1) is 0 Å². The molecule has 0 amide bonds. The molecule has 1 aliphatic rings. The van der Waals surface area contributed by atoms with Crippen LogP contribution in [0.3, 0.4) is 0 Å². The molecule has 0 radical (unpaired) electrons. The SMILES string of the molecule is CN(CCN)CCCc1ccc2c(c1)CCC2. The number of benzene rings is 1. The van der Waals surface area contributed by atoms with Crippen molar-refractivity contribution in [3.05, 3.63) is 34.9 Å². The first-order valence-corrected chi connectivity index (χ1v) is 6.79. The van der Waals surface area contributed by atoms with Crippen LogP contribution in [0.4, 0.5) is 0 Å². The van der Waals surface area contributed by atoms with Crippen LogP contribution in [0.1, 0.15) is 29.5 Å². The predicted octanol–water partition coefficient (Wildman–Crippen LogP) is 2.00. The van der Waals surface area contributed by atoms with Gasteiger partial charge in [-0.2, -0.15) is 0 Å². The van der Waals surface area contributed by atoms with E-state index in [1.807, 2.05) is 0 Å². The molecule has 2 rings (SSSR count). The van der Waals surface area contributed by atoms with Crippen LogP contribution < -0.4 is 5.73 Å². The normalized spacial score (nSPS) is 14.3. The number of hydrogen-bond donors (Lipinski definition) is 1. The first kappa shape index (κ1) is 12.6. The minimum atomic E-state index is 0.759. The topological polar surface area (TPSA) is 29.3 Å². The number of nitrogens with two attached hydrogens (primary N) is 1. The van der Waals surface area contributed by atoms with Crippen molar-refractivity contribution in [2.45, 2.75) is 32.1 Å². The minimum Gasteiger partial charge on any atom is -0.329 e. The van der Waals surface area contributed by atoms with Gasteiger partial charge in [-0.3, -0.25) is 0 Å². The maximum Gasteiger partial charge on any atom is 0.0102 e. The zero-order valence-electron chi connectivity index (χ0n) is 10.9. The molecule has 1 aliphatic carbocycles.